The van der Waals surface area contributed by atoms with Gasteiger partial charge in [-0.1, -0.05) is 18.2 Å². The lowest BCUT2D eigenvalue weighted by Gasteiger charge is -2.19. The number of benzene rings is 1. The van der Waals surface area contributed by atoms with Crippen LogP contribution in [0.1, 0.15) is 29.5 Å². The number of aliphatic carboxylic acids is 1. The lowest BCUT2D eigenvalue weighted by atomic mass is 9.90. The van der Waals surface area contributed by atoms with Gasteiger partial charge in [0.15, 0.2) is 5.76 Å². The first-order valence-corrected chi connectivity index (χ1v) is 6.92. The number of hydrogen-bond donors (Lipinski definition) is 1. The number of aryl methyl sites for hydroxylation is 1. The number of carboxylic acids is 1. The van der Waals surface area contributed by atoms with Crippen LogP contribution in [0.2, 0.25) is 0 Å². The molecule has 2 aromatic rings. The third-order valence-electron chi connectivity index (χ3n) is 4.23. The fraction of sp³-hybridized carbons (Fsp3) is 0.375. The van der Waals surface area contributed by atoms with Crippen LogP contribution in [-0.4, -0.2) is 35.0 Å². The summed E-state index contributed by atoms with van der Waals surface area (Å²) in [6.45, 7) is 4.26. The van der Waals surface area contributed by atoms with Crippen LogP contribution in [0.25, 0.3) is 11.0 Å². The van der Waals surface area contributed by atoms with Crippen molar-refractivity contribution < 1.29 is 19.1 Å². The molecule has 1 N–H and O–H groups in total. The van der Waals surface area contributed by atoms with E-state index in [4.69, 9.17) is 4.42 Å². The minimum absolute atomic E-state index is 0.219. The molecule has 5 heteroatoms. The number of carbonyl (C=O) groups is 2. The largest absolute Gasteiger partial charge is 0.481 e. The van der Waals surface area contributed by atoms with Gasteiger partial charge < -0.3 is 14.4 Å². The predicted molar refractivity (Wildman–Crippen MR) is 77.2 cm³/mol. The summed E-state index contributed by atoms with van der Waals surface area (Å²) in [5.74, 6) is -0.831. The van der Waals surface area contributed by atoms with Gasteiger partial charge in [0.25, 0.3) is 5.91 Å². The average molecular weight is 287 g/mol. The van der Waals surface area contributed by atoms with Crippen LogP contribution >= 0.6 is 0 Å². The maximum Gasteiger partial charge on any atom is 0.311 e. The SMILES string of the molecule is Cc1cccc2cc(C(=O)N3CCC(C)(C(=O)O)C3)oc12. The molecule has 1 unspecified atom stereocenters. The predicted octanol–water partition coefficient (Wildman–Crippen LogP) is 2.68. The number of carbonyl (C=O) groups excluding carboxylic acids is 1. The number of para-hydroxylation sites is 1. The van der Waals surface area contributed by atoms with Gasteiger partial charge in [-0.15, -0.1) is 0 Å². The number of fused-ring (bicyclic) bond motifs is 1. The average Bonchev–Trinajstić information content (AvgIpc) is 3.03. The van der Waals surface area contributed by atoms with Gasteiger partial charge in [0.05, 0.1) is 5.41 Å². The van der Waals surface area contributed by atoms with Crippen LogP contribution in [0, 0.1) is 12.3 Å². The molecular formula is C16H17NO4. The zero-order valence-corrected chi connectivity index (χ0v) is 12.0. The zero-order chi connectivity index (χ0) is 15.2. The third-order valence-corrected chi connectivity index (χ3v) is 4.23. The molecule has 1 aromatic carbocycles. The van der Waals surface area contributed by atoms with Crippen molar-refractivity contribution in [3.05, 3.63) is 35.6 Å². The molecule has 0 spiro atoms. The highest BCUT2D eigenvalue weighted by atomic mass is 16.4. The van der Waals surface area contributed by atoms with Crippen molar-refractivity contribution in [2.75, 3.05) is 13.1 Å². The molecular weight excluding hydrogens is 270 g/mol. The highest BCUT2D eigenvalue weighted by molar-refractivity contribution is 5.97. The van der Waals surface area contributed by atoms with E-state index in [1.165, 1.54) is 0 Å². The molecule has 0 radical (unpaired) electrons. The first-order chi connectivity index (χ1) is 9.90. The Hall–Kier alpha value is -2.30. The van der Waals surface area contributed by atoms with Crippen LogP contribution in [0.5, 0.6) is 0 Å². The van der Waals surface area contributed by atoms with Gasteiger partial charge in [-0.2, -0.15) is 0 Å². The molecule has 1 fully saturated rings. The van der Waals surface area contributed by atoms with Crippen molar-refractivity contribution in [2.24, 2.45) is 5.41 Å². The molecule has 0 saturated carbocycles. The van der Waals surface area contributed by atoms with Crippen molar-refractivity contribution >= 4 is 22.8 Å². The van der Waals surface area contributed by atoms with Gasteiger partial charge >= 0.3 is 5.97 Å². The topological polar surface area (TPSA) is 70.8 Å². The minimum Gasteiger partial charge on any atom is -0.481 e. The highest BCUT2D eigenvalue weighted by Crippen LogP contribution is 2.32. The molecule has 2 heterocycles. The van der Waals surface area contributed by atoms with E-state index < -0.39 is 11.4 Å². The number of carboxylic acid groups (broad SMARTS) is 1. The van der Waals surface area contributed by atoms with Crippen molar-refractivity contribution in [1.29, 1.82) is 0 Å². The van der Waals surface area contributed by atoms with Crippen LogP contribution in [0.3, 0.4) is 0 Å². The van der Waals surface area contributed by atoms with E-state index in [0.29, 0.717) is 18.5 Å². The molecule has 1 saturated heterocycles. The Morgan fingerprint density at radius 3 is 2.76 bits per heavy atom. The molecule has 5 nitrogen and oxygen atoms in total. The van der Waals surface area contributed by atoms with Crippen molar-refractivity contribution in [2.45, 2.75) is 20.3 Å². The van der Waals surface area contributed by atoms with Gasteiger partial charge in [-0.3, -0.25) is 9.59 Å². The second-order valence-corrected chi connectivity index (χ2v) is 5.95. The Balaban J connectivity index is 1.88. The summed E-state index contributed by atoms with van der Waals surface area (Å²) >= 11 is 0. The smallest absolute Gasteiger partial charge is 0.311 e. The van der Waals surface area contributed by atoms with E-state index in [0.717, 1.165) is 10.9 Å². The molecule has 3 rings (SSSR count). The molecule has 1 aliphatic rings. The summed E-state index contributed by atoms with van der Waals surface area (Å²) in [6, 6.07) is 7.46. The monoisotopic (exact) mass is 287 g/mol. The Morgan fingerprint density at radius 1 is 1.38 bits per heavy atom. The number of hydrogen-bond acceptors (Lipinski definition) is 3. The van der Waals surface area contributed by atoms with Crippen molar-refractivity contribution in [1.82, 2.24) is 4.90 Å². The summed E-state index contributed by atoms with van der Waals surface area (Å²) in [7, 11) is 0. The van der Waals surface area contributed by atoms with Gasteiger partial charge in [0.1, 0.15) is 5.58 Å². The van der Waals surface area contributed by atoms with Gasteiger partial charge in [-0.05, 0) is 31.9 Å². The molecule has 1 aliphatic heterocycles. The van der Waals surface area contributed by atoms with E-state index in [1.807, 2.05) is 25.1 Å². The fourth-order valence-corrected chi connectivity index (χ4v) is 2.78. The van der Waals surface area contributed by atoms with Gasteiger partial charge in [-0.25, -0.2) is 0 Å². The number of furan rings is 1. The number of rotatable bonds is 2. The quantitative estimate of drug-likeness (QED) is 0.921. The number of nitrogens with zero attached hydrogens (tertiary/aromatic N) is 1. The number of amides is 1. The van der Waals surface area contributed by atoms with Crippen molar-refractivity contribution in [3.8, 4) is 0 Å². The lowest BCUT2D eigenvalue weighted by molar-refractivity contribution is -0.147. The third kappa shape index (κ3) is 2.18. The summed E-state index contributed by atoms with van der Waals surface area (Å²) < 4.78 is 5.66. The second-order valence-electron chi connectivity index (χ2n) is 5.95. The molecule has 1 amide bonds. The summed E-state index contributed by atoms with van der Waals surface area (Å²) in [6.07, 6.45) is 0.466. The molecule has 1 atom stereocenters. The Kier molecular flexibility index (Phi) is 3.01. The Labute approximate surface area is 122 Å². The van der Waals surface area contributed by atoms with E-state index >= 15 is 0 Å². The molecule has 21 heavy (non-hydrogen) atoms. The first kappa shape index (κ1) is 13.7. The van der Waals surface area contributed by atoms with Crippen LogP contribution in [0.15, 0.2) is 28.7 Å². The van der Waals surface area contributed by atoms with Gasteiger partial charge in [0.2, 0.25) is 0 Å². The summed E-state index contributed by atoms with van der Waals surface area (Å²) in [5.41, 5.74) is 0.821. The molecule has 0 bridgehead atoms. The zero-order valence-electron chi connectivity index (χ0n) is 12.0. The van der Waals surface area contributed by atoms with E-state index in [1.54, 1.807) is 17.9 Å². The van der Waals surface area contributed by atoms with Gasteiger partial charge in [0, 0.05) is 18.5 Å². The van der Waals surface area contributed by atoms with E-state index in [2.05, 4.69) is 0 Å². The standard InChI is InChI=1S/C16H17NO4/c1-10-4-3-5-11-8-12(21-13(10)11)14(18)17-7-6-16(2,9-17)15(19)20/h3-5,8H,6-7,9H2,1-2H3,(H,19,20). The van der Waals surface area contributed by atoms with E-state index in [-0.39, 0.29) is 18.2 Å². The number of likely N-dealkylation sites (tertiary alicyclic amines) is 1. The van der Waals surface area contributed by atoms with Crippen LogP contribution < -0.4 is 0 Å². The van der Waals surface area contributed by atoms with Crippen LogP contribution in [-0.2, 0) is 4.79 Å². The molecule has 110 valence electrons. The molecule has 0 aliphatic carbocycles. The summed E-state index contributed by atoms with van der Waals surface area (Å²) in [4.78, 5) is 25.3. The minimum atomic E-state index is -0.863. The van der Waals surface area contributed by atoms with Crippen molar-refractivity contribution in [3.63, 3.8) is 0 Å². The first-order valence-electron chi connectivity index (χ1n) is 6.92. The normalized spacial score (nSPS) is 21.9. The Morgan fingerprint density at radius 2 is 2.14 bits per heavy atom. The second kappa shape index (κ2) is 4.62. The van der Waals surface area contributed by atoms with Crippen LogP contribution in [0.4, 0.5) is 0 Å². The lowest BCUT2D eigenvalue weighted by Crippen LogP contribution is -2.34. The maximum atomic E-state index is 12.5. The van der Waals surface area contributed by atoms with E-state index in [9.17, 15) is 14.7 Å². The fourth-order valence-electron chi connectivity index (χ4n) is 2.78. The molecule has 1 aromatic heterocycles. The Bertz CT molecular complexity index is 733. The highest BCUT2D eigenvalue weighted by Gasteiger charge is 2.42. The summed E-state index contributed by atoms with van der Waals surface area (Å²) in [5, 5.41) is 10.1. The maximum absolute atomic E-state index is 12.5.